The van der Waals surface area contributed by atoms with Crippen LogP contribution in [0.5, 0.6) is 5.75 Å². The van der Waals surface area contributed by atoms with Crippen LogP contribution < -0.4 is 11.5 Å². The van der Waals surface area contributed by atoms with E-state index in [1.54, 1.807) is 0 Å². The molecule has 0 bridgehead atoms. The van der Waals surface area contributed by atoms with Gasteiger partial charge in [-0.05, 0) is 12.5 Å². The maximum Gasteiger partial charge on any atom is 0.149 e. The van der Waals surface area contributed by atoms with Crippen LogP contribution in [0.1, 0.15) is 18.0 Å². The molecule has 1 aromatic carbocycles. The molecule has 86 valence electrons. The summed E-state index contributed by atoms with van der Waals surface area (Å²) in [4.78, 5) is 0. The molecule has 0 unspecified atom stereocenters. The Hall–Kier alpha value is -1.04. The third kappa shape index (κ3) is 2.95. The van der Waals surface area contributed by atoms with Gasteiger partial charge in [0.25, 0.3) is 0 Å². The lowest BCUT2D eigenvalue weighted by Gasteiger charge is -2.13. The molecular formula is C9H14ClFN2O2. The second-order valence-electron chi connectivity index (χ2n) is 3.02. The minimum atomic E-state index is -0.678. The van der Waals surface area contributed by atoms with Gasteiger partial charge in [-0.3, -0.25) is 0 Å². The van der Waals surface area contributed by atoms with Crippen molar-refractivity contribution in [1.29, 1.82) is 0 Å². The van der Waals surface area contributed by atoms with Crippen molar-refractivity contribution in [3.63, 3.8) is 0 Å². The highest BCUT2D eigenvalue weighted by Gasteiger charge is 2.14. The fourth-order valence-corrected chi connectivity index (χ4v) is 1.19. The molecule has 0 aliphatic heterocycles. The van der Waals surface area contributed by atoms with E-state index in [-0.39, 0.29) is 30.5 Å². The molecule has 6 N–H and O–H groups in total. The fraction of sp³-hybridized carbons (Fsp3) is 0.333. The Kier molecular flexibility index (Phi) is 5.35. The van der Waals surface area contributed by atoms with Crippen molar-refractivity contribution in [1.82, 2.24) is 0 Å². The molecule has 0 saturated heterocycles. The summed E-state index contributed by atoms with van der Waals surface area (Å²) >= 11 is 0. The van der Waals surface area contributed by atoms with Gasteiger partial charge in [0.05, 0.1) is 0 Å². The van der Waals surface area contributed by atoms with Crippen LogP contribution in [0.25, 0.3) is 0 Å². The van der Waals surface area contributed by atoms with Crippen molar-refractivity contribution >= 4 is 18.1 Å². The predicted octanol–water partition coefficient (Wildman–Crippen LogP) is 0.917. The van der Waals surface area contributed by atoms with Crippen LogP contribution in [-0.2, 0) is 0 Å². The molecule has 0 radical (unpaired) electrons. The first kappa shape index (κ1) is 14.0. The summed E-state index contributed by atoms with van der Waals surface area (Å²) in [5.74, 6) is -1.02. The molecule has 4 nitrogen and oxygen atoms in total. The van der Waals surface area contributed by atoms with E-state index in [4.69, 9.17) is 16.6 Å². The summed E-state index contributed by atoms with van der Waals surface area (Å²) in [6.45, 7) is -0.0993. The smallest absolute Gasteiger partial charge is 0.149 e. The van der Waals surface area contributed by atoms with E-state index in [0.29, 0.717) is 12.0 Å². The van der Waals surface area contributed by atoms with Gasteiger partial charge in [0.1, 0.15) is 17.3 Å². The van der Waals surface area contributed by atoms with Gasteiger partial charge in [-0.2, -0.15) is 0 Å². The molecular weight excluding hydrogens is 223 g/mol. The molecule has 0 aliphatic carbocycles. The van der Waals surface area contributed by atoms with E-state index in [0.717, 1.165) is 6.07 Å². The average molecular weight is 237 g/mol. The number of benzene rings is 1. The second-order valence-corrected chi connectivity index (χ2v) is 3.02. The van der Waals surface area contributed by atoms with Gasteiger partial charge in [0.2, 0.25) is 0 Å². The van der Waals surface area contributed by atoms with Gasteiger partial charge in [0, 0.05) is 18.2 Å². The van der Waals surface area contributed by atoms with Crippen LogP contribution in [0.3, 0.4) is 0 Å². The average Bonchev–Trinajstić information content (AvgIpc) is 2.15. The summed E-state index contributed by atoms with van der Waals surface area (Å²) in [7, 11) is 0. The zero-order valence-electron chi connectivity index (χ0n) is 7.98. The van der Waals surface area contributed by atoms with Crippen molar-refractivity contribution in [2.45, 2.75) is 12.5 Å². The van der Waals surface area contributed by atoms with Crippen LogP contribution in [0.4, 0.5) is 10.1 Å². The van der Waals surface area contributed by atoms with Crippen LogP contribution in [0.15, 0.2) is 12.1 Å². The molecule has 15 heavy (non-hydrogen) atoms. The highest BCUT2D eigenvalue weighted by molar-refractivity contribution is 5.85. The third-order valence-corrected chi connectivity index (χ3v) is 2.03. The number of phenolic OH excluding ortho intramolecular Hbond substituents is 1. The first-order valence-corrected chi connectivity index (χ1v) is 4.21. The SMILES string of the molecule is Cl.Nc1c(F)ccc([C@@H](N)CCO)c1O. The van der Waals surface area contributed by atoms with Crippen molar-refractivity contribution in [2.24, 2.45) is 5.73 Å². The molecule has 0 fully saturated rings. The lowest BCUT2D eigenvalue weighted by atomic mass is 10.0. The molecule has 1 atom stereocenters. The highest BCUT2D eigenvalue weighted by Crippen LogP contribution is 2.31. The Morgan fingerprint density at radius 2 is 2.00 bits per heavy atom. The topological polar surface area (TPSA) is 92.5 Å². The molecule has 0 aliphatic rings. The Morgan fingerprint density at radius 3 is 2.53 bits per heavy atom. The number of nitrogens with two attached hydrogens (primary N) is 2. The van der Waals surface area contributed by atoms with Crippen molar-refractivity contribution in [2.75, 3.05) is 12.3 Å². The molecule has 0 heterocycles. The number of halogens is 2. The largest absolute Gasteiger partial charge is 0.505 e. The first-order valence-electron chi connectivity index (χ1n) is 4.21. The zero-order chi connectivity index (χ0) is 10.7. The van der Waals surface area contributed by atoms with Gasteiger partial charge < -0.3 is 21.7 Å². The maximum atomic E-state index is 12.8. The monoisotopic (exact) mass is 236 g/mol. The predicted molar refractivity (Wildman–Crippen MR) is 58.4 cm³/mol. The maximum absolute atomic E-state index is 12.8. The summed E-state index contributed by atoms with van der Waals surface area (Å²) in [6.07, 6.45) is 0.290. The number of anilines is 1. The van der Waals surface area contributed by atoms with Crippen molar-refractivity contribution in [3.05, 3.63) is 23.5 Å². The molecule has 6 heteroatoms. The van der Waals surface area contributed by atoms with E-state index < -0.39 is 11.9 Å². The van der Waals surface area contributed by atoms with Gasteiger partial charge in [0.15, 0.2) is 0 Å². The summed E-state index contributed by atoms with van der Waals surface area (Å²) in [6, 6.07) is 1.96. The summed E-state index contributed by atoms with van der Waals surface area (Å²) < 4.78 is 12.8. The minimum absolute atomic E-state index is 0. The number of hydrogen-bond acceptors (Lipinski definition) is 4. The number of aliphatic hydroxyl groups excluding tert-OH is 1. The van der Waals surface area contributed by atoms with Crippen molar-refractivity contribution in [3.8, 4) is 5.75 Å². The number of rotatable bonds is 3. The lowest BCUT2D eigenvalue weighted by Crippen LogP contribution is -2.13. The quantitative estimate of drug-likeness (QED) is 0.464. The number of aliphatic hydroxyl groups is 1. The van der Waals surface area contributed by atoms with E-state index >= 15 is 0 Å². The van der Waals surface area contributed by atoms with E-state index in [9.17, 15) is 9.50 Å². The number of hydrogen-bond donors (Lipinski definition) is 4. The number of aromatic hydroxyl groups is 1. The van der Waals surface area contributed by atoms with Gasteiger partial charge in [-0.25, -0.2) is 4.39 Å². The standard InChI is InChI=1S/C9H13FN2O2.ClH/c10-6-2-1-5(7(11)3-4-13)9(14)8(6)12;/h1-2,7,13-14H,3-4,11-12H2;1H/t7-;/m0./s1. The Balaban J connectivity index is 0.00000196. The summed E-state index contributed by atoms with van der Waals surface area (Å²) in [5.41, 5.74) is 10.9. The molecule has 0 amide bonds. The summed E-state index contributed by atoms with van der Waals surface area (Å²) in [5, 5.41) is 18.1. The Morgan fingerprint density at radius 1 is 1.40 bits per heavy atom. The zero-order valence-corrected chi connectivity index (χ0v) is 8.80. The first-order chi connectivity index (χ1) is 6.57. The lowest BCUT2D eigenvalue weighted by molar-refractivity contribution is 0.275. The van der Waals surface area contributed by atoms with Crippen molar-refractivity contribution < 1.29 is 14.6 Å². The molecule has 0 aromatic heterocycles. The Labute approximate surface area is 93.1 Å². The van der Waals surface area contributed by atoms with Crippen LogP contribution in [0.2, 0.25) is 0 Å². The molecule has 1 rings (SSSR count). The van der Waals surface area contributed by atoms with Crippen LogP contribution in [0, 0.1) is 5.82 Å². The number of phenols is 1. The van der Waals surface area contributed by atoms with E-state index in [1.165, 1.54) is 6.07 Å². The molecule has 0 saturated carbocycles. The molecule has 0 spiro atoms. The van der Waals surface area contributed by atoms with Crippen LogP contribution >= 0.6 is 12.4 Å². The van der Waals surface area contributed by atoms with E-state index in [2.05, 4.69) is 0 Å². The van der Waals surface area contributed by atoms with Gasteiger partial charge in [-0.15, -0.1) is 12.4 Å². The van der Waals surface area contributed by atoms with Gasteiger partial charge >= 0.3 is 0 Å². The second kappa shape index (κ2) is 5.75. The molecule has 1 aromatic rings. The van der Waals surface area contributed by atoms with Gasteiger partial charge in [-0.1, -0.05) is 6.07 Å². The Bertz CT molecular complexity index is 336. The van der Waals surface area contributed by atoms with E-state index in [1.807, 2.05) is 0 Å². The third-order valence-electron chi connectivity index (χ3n) is 2.03. The van der Waals surface area contributed by atoms with Crippen LogP contribution in [-0.4, -0.2) is 16.8 Å². The number of nitrogen functional groups attached to an aromatic ring is 1. The fourth-order valence-electron chi connectivity index (χ4n) is 1.19. The minimum Gasteiger partial charge on any atom is -0.505 e. The highest BCUT2D eigenvalue weighted by atomic mass is 35.5. The normalized spacial score (nSPS) is 11.9.